The summed E-state index contributed by atoms with van der Waals surface area (Å²) >= 11 is 0. The van der Waals surface area contributed by atoms with Crippen molar-refractivity contribution >= 4 is 11.4 Å². The van der Waals surface area contributed by atoms with E-state index in [2.05, 4.69) is 17.9 Å². The van der Waals surface area contributed by atoms with Gasteiger partial charge in [-0.05, 0) is 31.4 Å². The number of para-hydroxylation sites is 1. The van der Waals surface area contributed by atoms with Crippen molar-refractivity contribution in [3.8, 4) is 5.75 Å². The van der Waals surface area contributed by atoms with Crippen LogP contribution < -0.4 is 15.4 Å². The average Bonchev–Trinajstić information content (AvgIpc) is 2.68. The Bertz CT molecular complexity index is 365. The Morgan fingerprint density at radius 1 is 1.50 bits per heavy atom. The summed E-state index contributed by atoms with van der Waals surface area (Å²) in [6.07, 6.45) is 1.25. The molecule has 0 radical (unpaired) electrons. The van der Waals surface area contributed by atoms with Crippen molar-refractivity contribution in [3.63, 3.8) is 0 Å². The molecule has 1 aromatic rings. The lowest BCUT2D eigenvalue weighted by Gasteiger charge is -2.21. The highest BCUT2D eigenvalue weighted by Crippen LogP contribution is 2.34. The number of benzene rings is 1. The summed E-state index contributed by atoms with van der Waals surface area (Å²) in [6.45, 7) is 7.11. The van der Waals surface area contributed by atoms with Gasteiger partial charge < -0.3 is 15.4 Å². The van der Waals surface area contributed by atoms with E-state index in [1.165, 1.54) is 6.42 Å². The largest absolute Gasteiger partial charge is 0.492 e. The van der Waals surface area contributed by atoms with E-state index in [4.69, 9.17) is 10.5 Å². The summed E-state index contributed by atoms with van der Waals surface area (Å²) < 4.78 is 5.51. The molecular weight excluding hydrogens is 200 g/mol. The van der Waals surface area contributed by atoms with Gasteiger partial charge in [-0.2, -0.15) is 0 Å². The van der Waals surface area contributed by atoms with E-state index in [0.29, 0.717) is 6.61 Å². The van der Waals surface area contributed by atoms with Gasteiger partial charge in [0.25, 0.3) is 0 Å². The van der Waals surface area contributed by atoms with Crippen LogP contribution in [-0.4, -0.2) is 19.7 Å². The lowest BCUT2D eigenvalue weighted by Crippen LogP contribution is -2.20. The third kappa shape index (κ3) is 2.08. The lowest BCUT2D eigenvalue weighted by atomic mass is 10.2. The second-order valence-corrected chi connectivity index (χ2v) is 4.46. The Morgan fingerprint density at radius 3 is 2.94 bits per heavy atom. The zero-order valence-corrected chi connectivity index (χ0v) is 10.1. The fourth-order valence-corrected chi connectivity index (χ4v) is 2.24. The Hall–Kier alpha value is -1.38. The fraction of sp³-hybridized carbons (Fsp3) is 0.538. The van der Waals surface area contributed by atoms with E-state index in [0.717, 1.165) is 36.1 Å². The highest BCUT2D eigenvalue weighted by Gasteiger charge is 2.21. The zero-order valence-electron chi connectivity index (χ0n) is 10.1. The van der Waals surface area contributed by atoms with Crippen molar-refractivity contribution in [2.75, 3.05) is 30.3 Å². The van der Waals surface area contributed by atoms with Gasteiger partial charge in [-0.3, -0.25) is 0 Å². The highest BCUT2D eigenvalue weighted by molar-refractivity contribution is 5.74. The molecule has 0 aliphatic carbocycles. The number of ether oxygens (including phenoxy) is 1. The molecule has 0 saturated carbocycles. The quantitative estimate of drug-likeness (QED) is 0.795. The van der Waals surface area contributed by atoms with Crippen LogP contribution in [0.3, 0.4) is 0 Å². The van der Waals surface area contributed by atoms with Gasteiger partial charge in [-0.15, -0.1) is 0 Å². The van der Waals surface area contributed by atoms with Crippen molar-refractivity contribution in [1.29, 1.82) is 0 Å². The Morgan fingerprint density at radius 2 is 2.31 bits per heavy atom. The lowest BCUT2D eigenvalue weighted by molar-refractivity contribution is 0.342. The average molecular weight is 220 g/mol. The second-order valence-electron chi connectivity index (χ2n) is 4.46. The molecule has 2 N–H and O–H groups in total. The maximum atomic E-state index is 6.13. The van der Waals surface area contributed by atoms with Gasteiger partial charge in [0.15, 0.2) is 0 Å². The fourth-order valence-electron chi connectivity index (χ4n) is 2.24. The number of nitrogens with two attached hydrogens (primary N) is 1. The zero-order chi connectivity index (χ0) is 11.5. The minimum Gasteiger partial charge on any atom is -0.492 e. The SMILES string of the molecule is CCOc1cccc(N2CCC(C)C2)c1N. The molecule has 3 nitrogen and oxygen atoms in total. The molecule has 16 heavy (non-hydrogen) atoms. The van der Waals surface area contributed by atoms with Crippen molar-refractivity contribution in [2.45, 2.75) is 20.3 Å². The molecule has 1 saturated heterocycles. The molecule has 1 aliphatic heterocycles. The number of anilines is 2. The predicted molar refractivity (Wildman–Crippen MR) is 68.0 cm³/mol. The molecule has 1 heterocycles. The van der Waals surface area contributed by atoms with E-state index < -0.39 is 0 Å². The van der Waals surface area contributed by atoms with Crippen molar-refractivity contribution < 1.29 is 4.74 Å². The standard InChI is InChI=1S/C13H20N2O/c1-3-16-12-6-4-5-11(13(12)14)15-8-7-10(2)9-15/h4-6,10H,3,7-9,14H2,1-2H3. The number of hydrogen-bond donors (Lipinski definition) is 1. The Balaban J connectivity index is 2.23. The summed E-state index contributed by atoms with van der Waals surface area (Å²) in [5.74, 6) is 1.56. The minimum atomic E-state index is 0.657. The van der Waals surface area contributed by atoms with E-state index in [1.807, 2.05) is 19.1 Å². The molecule has 1 aromatic carbocycles. The first-order valence-corrected chi connectivity index (χ1v) is 5.98. The first-order valence-electron chi connectivity index (χ1n) is 5.98. The maximum absolute atomic E-state index is 6.13. The van der Waals surface area contributed by atoms with Gasteiger partial charge in [-0.25, -0.2) is 0 Å². The van der Waals surface area contributed by atoms with Crippen LogP contribution in [0.5, 0.6) is 5.75 Å². The summed E-state index contributed by atoms with van der Waals surface area (Å²) in [7, 11) is 0. The molecule has 0 spiro atoms. The predicted octanol–water partition coefficient (Wildman–Crippen LogP) is 2.51. The van der Waals surface area contributed by atoms with Crippen LogP contribution in [0.1, 0.15) is 20.3 Å². The van der Waals surface area contributed by atoms with Crippen molar-refractivity contribution in [1.82, 2.24) is 0 Å². The van der Waals surface area contributed by atoms with Crippen LogP contribution in [-0.2, 0) is 0 Å². The molecule has 1 aliphatic rings. The van der Waals surface area contributed by atoms with Crippen LogP contribution in [0.25, 0.3) is 0 Å². The van der Waals surface area contributed by atoms with Gasteiger partial charge in [0.05, 0.1) is 18.0 Å². The van der Waals surface area contributed by atoms with Gasteiger partial charge in [0.2, 0.25) is 0 Å². The maximum Gasteiger partial charge on any atom is 0.144 e. The number of rotatable bonds is 3. The second kappa shape index (κ2) is 4.64. The number of nitrogens with zero attached hydrogens (tertiary/aromatic N) is 1. The third-order valence-corrected chi connectivity index (χ3v) is 3.11. The Kier molecular flexibility index (Phi) is 3.22. The van der Waals surface area contributed by atoms with Crippen molar-refractivity contribution in [2.24, 2.45) is 5.92 Å². The summed E-state index contributed by atoms with van der Waals surface area (Å²) in [6, 6.07) is 6.03. The molecule has 0 amide bonds. The molecule has 1 unspecified atom stereocenters. The molecule has 0 bridgehead atoms. The number of nitrogen functional groups attached to an aromatic ring is 1. The first kappa shape index (κ1) is 11.1. The number of hydrogen-bond acceptors (Lipinski definition) is 3. The summed E-state index contributed by atoms with van der Waals surface area (Å²) in [4.78, 5) is 2.35. The van der Waals surface area contributed by atoms with E-state index >= 15 is 0 Å². The van der Waals surface area contributed by atoms with E-state index in [1.54, 1.807) is 0 Å². The summed E-state index contributed by atoms with van der Waals surface area (Å²) in [5.41, 5.74) is 8.02. The normalized spacial score (nSPS) is 20.1. The molecule has 2 rings (SSSR count). The topological polar surface area (TPSA) is 38.5 Å². The highest BCUT2D eigenvalue weighted by atomic mass is 16.5. The third-order valence-electron chi connectivity index (χ3n) is 3.11. The van der Waals surface area contributed by atoms with E-state index in [9.17, 15) is 0 Å². The summed E-state index contributed by atoms with van der Waals surface area (Å²) in [5, 5.41) is 0. The smallest absolute Gasteiger partial charge is 0.144 e. The first-order chi connectivity index (χ1) is 7.72. The van der Waals surface area contributed by atoms with Crippen LogP contribution in [0.4, 0.5) is 11.4 Å². The molecule has 3 heteroatoms. The van der Waals surface area contributed by atoms with E-state index in [-0.39, 0.29) is 0 Å². The van der Waals surface area contributed by atoms with Gasteiger partial charge in [0, 0.05) is 13.1 Å². The van der Waals surface area contributed by atoms with Crippen LogP contribution in [0.15, 0.2) is 18.2 Å². The minimum absolute atomic E-state index is 0.657. The molecule has 88 valence electrons. The molecule has 1 fully saturated rings. The van der Waals surface area contributed by atoms with Crippen molar-refractivity contribution in [3.05, 3.63) is 18.2 Å². The molecular formula is C13H20N2O. The monoisotopic (exact) mass is 220 g/mol. The van der Waals surface area contributed by atoms with Crippen LogP contribution in [0, 0.1) is 5.92 Å². The molecule has 0 aromatic heterocycles. The van der Waals surface area contributed by atoms with Crippen LogP contribution in [0.2, 0.25) is 0 Å². The van der Waals surface area contributed by atoms with Gasteiger partial charge in [0.1, 0.15) is 5.75 Å². The Labute approximate surface area is 97.2 Å². The van der Waals surface area contributed by atoms with Gasteiger partial charge >= 0.3 is 0 Å². The van der Waals surface area contributed by atoms with Crippen LogP contribution >= 0.6 is 0 Å². The van der Waals surface area contributed by atoms with Gasteiger partial charge in [-0.1, -0.05) is 13.0 Å². The molecule has 1 atom stereocenters.